The molecule has 0 saturated carbocycles. The fourth-order valence-electron chi connectivity index (χ4n) is 7.52. The van der Waals surface area contributed by atoms with Crippen LogP contribution >= 0.6 is 16.1 Å². The number of anilines is 2. The highest BCUT2D eigenvalue weighted by atomic mass is 79.9. The van der Waals surface area contributed by atoms with Crippen molar-refractivity contribution in [3.63, 3.8) is 0 Å². The predicted octanol–water partition coefficient (Wildman–Crippen LogP) is 8.08. The maximum absolute atomic E-state index is 12.8. The van der Waals surface area contributed by atoms with Crippen LogP contribution in [0.2, 0.25) is 0 Å². The highest BCUT2D eigenvalue weighted by Gasteiger charge is 2.42. The fraction of sp³-hybridized carbons (Fsp3) is 0.0500. The summed E-state index contributed by atoms with van der Waals surface area (Å²) < 4.78 is 1.06. The zero-order valence-electron chi connectivity index (χ0n) is 24.7. The van der Waals surface area contributed by atoms with Crippen molar-refractivity contribution in [2.75, 3.05) is 4.81 Å². The second-order valence-electron chi connectivity index (χ2n) is 12.2. The van der Waals surface area contributed by atoms with Gasteiger partial charge in [-0.25, -0.2) is 3.93 Å². The van der Waals surface area contributed by atoms with Crippen LogP contribution in [0.15, 0.2) is 140 Å². The van der Waals surface area contributed by atoms with E-state index in [0.717, 1.165) is 20.6 Å². The van der Waals surface area contributed by atoms with E-state index in [1.807, 2.05) is 12.1 Å². The fourth-order valence-corrected chi connectivity index (χ4v) is 7.91. The van der Waals surface area contributed by atoms with Gasteiger partial charge in [-0.2, -0.15) is 0 Å². The van der Waals surface area contributed by atoms with Crippen LogP contribution in [0.1, 0.15) is 17.9 Å². The molecule has 3 aliphatic heterocycles. The summed E-state index contributed by atoms with van der Waals surface area (Å²) >= 11 is 3.12. The summed E-state index contributed by atoms with van der Waals surface area (Å²) in [5, 5.41) is 0. The molecule has 0 N–H and O–H groups in total. The standard InChI is InChI=1S/C40H26BBrN2O2/c42-44-39(45)24-32(40(44)46)29-12-8-11-26(21-29)28-18-20-36-34(23-28)31-14-5-7-16-38(31)43-37-15-6-4-13-30(37)33-22-27(17-19-35(33)41(36)43)25-9-2-1-3-10-25/h1-23,32H,24H2. The van der Waals surface area contributed by atoms with E-state index in [-0.39, 0.29) is 25.1 Å². The van der Waals surface area contributed by atoms with E-state index in [1.54, 1.807) is 0 Å². The minimum Gasteiger partial charge on any atom is -0.376 e. The normalized spacial score (nSPS) is 16.0. The summed E-state index contributed by atoms with van der Waals surface area (Å²) in [6, 6.07) is 49.7. The maximum atomic E-state index is 12.8. The van der Waals surface area contributed by atoms with Crippen LogP contribution in [0.5, 0.6) is 0 Å². The molecule has 46 heavy (non-hydrogen) atoms. The van der Waals surface area contributed by atoms with Gasteiger partial charge in [0, 0.05) is 28.9 Å². The first-order valence-corrected chi connectivity index (χ1v) is 16.2. The third-order valence-corrected chi connectivity index (χ3v) is 10.4. The Morgan fingerprint density at radius 2 is 1.09 bits per heavy atom. The van der Waals surface area contributed by atoms with Gasteiger partial charge in [0.1, 0.15) is 0 Å². The molecule has 1 fully saturated rings. The molecule has 6 aromatic carbocycles. The van der Waals surface area contributed by atoms with Gasteiger partial charge in [0.15, 0.2) is 0 Å². The Bertz CT molecular complexity index is 2230. The second kappa shape index (κ2) is 10.4. The molecule has 1 atom stereocenters. The van der Waals surface area contributed by atoms with Crippen LogP contribution in [0.4, 0.5) is 11.4 Å². The minimum atomic E-state index is -0.474. The van der Waals surface area contributed by atoms with Gasteiger partial charge in [-0.15, -0.1) is 0 Å². The second-order valence-corrected chi connectivity index (χ2v) is 12.9. The van der Waals surface area contributed by atoms with Crippen molar-refractivity contribution >= 4 is 57.1 Å². The Morgan fingerprint density at radius 1 is 0.543 bits per heavy atom. The lowest BCUT2D eigenvalue weighted by Gasteiger charge is -2.43. The number of halogens is 1. The lowest BCUT2D eigenvalue weighted by molar-refractivity contribution is -0.131. The van der Waals surface area contributed by atoms with Crippen molar-refractivity contribution in [1.82, 2.24) is 3.93 Å². The Balaban J connectivity index is 1.21. The number of benzene rings is 6. The molecule has 0 spiro atoms. The molecule has 9 rings (SSSR count). The molecule has 6 aromatic rings. The van der Waals surface area contributed by atoms with Gasteiger partial charge in [0.25, 0.3) is 0 Å². The van der Waals surface area contributed by atoms with E-state index in [0.29, 0.717) is 0 Å². The molecule has 1 unspecified atom stereocenters. The maximum Gasteiger partial charge on any atom is 0.329 e. The monoisotopic (exact) mass is 656 g/mol. The molecular formula is C40H26BBrN2O2. The molecule has 0 aromatic heterocycles. The lowest BCUT2D eigenvalue weighted by Crippen LogP contribution is -2.59. The summed E-state index contributed by atoms with van der Waals surface area (Å²) in [5.41, 5.74) is 15.2. The Morgan fingerprint density at radius 3 is 1.70 bits per heavy atom. The number of hydrogen-bond acceptors (Lipinski definition) is 3. The van der Waals surface area contributed by atoms with Crippen molar-refractivity contribution in [1.29, 1.82) is 0 Å². The Labute approximate surface area is 276 Å². The molecule has 0 radical (unpaired) electrons. The van der Waals surface area contributed by atoms with E-state index in [2.05, 4.69) is 148 Å². The third kappa shape index (κ3) is 4.07. The first kappa shape index (κ1) is 27.1. The van der Waals surface area contributed by atoms with Gasteiger partial charge < -0.3 is 4.81 Å². The van der Waals surface area contributed by atoms with Gasteiger partial charge in [0.2, 0.25) is 11.8 Å². The first-order valence-electron chi connectivity index (χ1n) is 15.5. The van der Waals surface area contributed by atoms with Crippen molar-refractivity contribution in [3.8, 4) is 44.5 Å². The zero-order chi connectivity index (χ0) is 30.9. The van der Waals surface area contributed by atoms with Crippen LogP contribution < -0.4 is 15.7 Å². The number of carbonyl (C=O) groups excluding carboxylic acids is 2. The highest BCUT2D eigenvalue weighted by molar-refractivity contribution is 9.08. The van der Waals surface area contributed by atoms with E-state index in [9.17, 15) is 9.59 Å². The largest absolute Gasteiger partial charge is 0.376 e. The smallest absolute Gasteiger partial charge is 0.329 e. The van der Waals surface area contributed by atoms with Crippen molar-refractivity contribution in [2.24, 2.45) is 0 Å². The molecule has 3 heterocycles. The van der Waals surface area contributed by atoms with Crippen LogP contribution in [-0.2, 0) is 9.59 Å². The molecule has 1 saturated heterocycles. The molecule has 4 nitrogen and oxygen atoms in total. The number of amides is 2. The zero-order valence-corrected chi connectivity index (χ0v) is 26.3. The van der Waals surface area contributed by atoms with Crippen LogP contribution in [0.25, 0.3) is 44.5 Å². The SMILES string of the molecule is O=C1CC(c2cccc(-c3ccc4c(c3)-c3ccccc3N3B4c4ccc(-c5ccccc5)cc4-c4ccccc43)c2)C(=O)N1Br. The van der Waals surface area contributed by atoms with Crippen LogP contribution in [-0.4, -0.2) is 22.6 Å². The average molecular weight is 657 g/mol. The molecule has 0 bridgehead atoms. The molecule has 3 aliphatic rings. The van der Waals surface area contributed by atoms with Crippen LogP contribution in [0, 0.1) is 0 Å². The number of nitrogens with zero attached hydrogens (tertiary/aromatic N) is 2. The highest BCUT2D eigenvalue weighted by Crippen LogP contribution is 2.47. The van der Waals surface area contributed by atoms with Crippen molar-refractivity contribution in [2.45, 2.75) is 12.3 Å². The Hall–Kier alpha value is -5.20. The van der Waals surface area contributed by atoms with Gasteiger partial charge in [-0.3, -0.25) is 9.59 Å². The minimum absolute atomic E-state index is 0.00652. The Kier molecular flexibility index (Phi) is 6.15. The topological polar surface area (TPSA) is 40.6 Å². The molecule has 2 amide bonds. The lowest BCUT2D eigenvalue weighted by atomic mass is 9.43. The van der Waals surface area contributed by atoms with Crippen LogP contribution in [0.3, 0.4) is 0 Å². The van der Waals surface area contributed by atoms with E-state index in [4.69, 9.17) is 0 Å². The average Bonchev–Trinajstić information content (AvgIpc) is 3.38. The van der Waals surface area contributed by atoms with Gasteiger partial charge >= 0.3 is 6.85 Å². The van der Waals surface area contributed by atoms with Gasteiger partial charge in [-0.1, -0.05) is 115 Å². The van der Waals surface area contributed by atoms with Crippen molar-refractivity contribution < 1.29 is 9.59 Å². The predicted molar refractivity (Wildman–Crippen MR) is 190 cm³/mol. The summed E-state index contributed by atoms with van der Waals surface area (Å²) in [6.07, 6.45) is 0.176. The summed E-state index contributed by atoms with van der Waals surface area (Å²) in [5.74, 6) is -0.896. The number of carbonyl (C=O) groups is 2. The van der Waals surface area contributed by atoms with Gasteiger partial charge in [-0.05, 0) is 74.1 Å². The molecule has 0 aliphatic carbocycles. The number of para-hydroxylation sites is 2. The van der Waals surface area contributed by atoms with E-state index < -0.39 is 5.92 Å². The summed E-state index contributed by atoms with van der Waals surface area (Å²) in [4.78, 5) is 27.5. The number of fused-ring (bicyclic) bond motifs is 11. The number of hydrogen-bond donors (Lipinski definition) is 0. The first-order chi connectivity index (χ1) is 22.6. The molecular weight excluding hydrogens is 631 g/mol. The quantitative estimate of drug-likeness (QED) is 0.110. The number of imide groups is 1. The van der Waals surface area contributed by atoms with Gasteiger partial charge in [0.05, 0.1) is 22.1 Å². The van der Waals surface area contributed by atoms with Crippen molar-refractivity contribution in [3.05, 3.63) is 145 Å². The third-order valence-electron chi connectivity index (χ3n) is 9.68. The molecule has 6 heteroatoms. The summed E-state index contributed by atoms with van der Waals surface area (Å²) in [7, 11) is 0. The van der Waals surface area contributed by atoms with E-state index in [1.165, 1.54) is 55.7 Å². The molecule has 218 valence electrons. The summed E-state index contributed by atoms with van der Waals surface area (Å²) in [6.45, 7) is 0.00652. The number of rotatable bonds is 3. The van der Waals surface area contributed by atoms with E-state index >= 15 is 0 Å².